The number of hydrogen-bond acceptors (Lipinski definition) is 5. The van der Waals surface area contributed by atoms with Gasteiger partial charge in [-0.05, 0) is 31.6 Å². The average molecular weight is 294 g/mol. The maximum Gasteiger partial charge on any atom is 0.275 e. The van der Waals surface area contributed by atoms with E-state index < -0.39 is 4.92 Å². The average Bonchev–Trinajstić information content (AvgIpc) is 2.92. The molecule has 0 spiro atoms. The first kappa shape index (κ1) is 15.6. The minimum atomic E-state index is -0.417. The summed E-state index contributed by atoms with van der Waals surface area (Å²) in [5.74, 6) is 1.26. The predicted octanol–water partition coefficient (Wildman–Crippen LogP) is 2.81. The largest absolute Gasteiger partial charge is 0.494 e. The number of non-ortho nitro benzene ring substituents is 1. The summed E-state index contributed by atoms with van der Waals surface area (Å²) in [6.07, 6.45) is 3.28. The molecule has 1 saturated carbocycles. The van der Waals surface area contributed by atoms with E-state index in [-0.39, 0.29) is 12.3 Å². The van der Waals surface area contributed by atoms with Gasteiger partial charge in [-0.2, -0.15) is 0 Å². The summed E-state index contributed by atoms with van der Waals surface area (Å²) in [5, 5.41) is 23.5. The molecule has 1 aromatic carbocycles. The van der Waals surface area contributed by atoms with E-state index in [2.05, 4.69) is 5.32 Å². The van der Waals surface area contributed by atoms with E-state index in [9.17, 15) is 15.2 Å². The second-order valence-electron chi connectivity index (χ2n) is 5.42. The standard InChI is InChI=1S/C15H22N2O4/c1-2-21-15-7-13(6-14(8-15)17(19)20)16-9-11-4-3-5-12(11)10-18/h6-8,11-12,16,18H,2-5,9-10H2,1H3. The van der Waals surface area contributed by atoms with Crippen LogP contribution in [0, 0.1) is 22.0 Å². The molecule has 0 aromatic heterocycles. The van der Waals surface area contributed by atoms with Gasteiger partial charge < -0.3 is 15.2 Å². The van der Waals surface area contributed by atoms with Gasteiger partial charge in [-0.15, -0.1) is 0 Å². The predicted molar refractivity (Wildman–Crippen MR) is 80.7 cm³/mol. The minimum Gasteiger partial charge on any atom is -0.494 e. The van der Waals surface area contributed by atoms with Crippen LogP contribution in [-0.2, 0) is 0 Å². The summed E-state index contributed by atoms with van der Waals surface area (Å²) in [6, 6.07) is 4.73. The number of nitro groups is 1. The van der Waals surface area contributed by atoms with Gasteiger partial charge in [0.25, 0.3) is 5.69 Å². The zero-order valence-corrected chi connectivity index (χ0v) is 12.2. The summed E-state index contributed by atoms with van der Waals surface area (Å²) in [7, 11) is 0. The molecule has 0 radical (unpaired) electrons. The van der Waals surface area contributed by atoms with Crippen molar-refractivity contribution in [2.45, 2.75) is 26.2 Å². The Hall–Kier alpha value is -1.82. The van der Waals surface area contributed by atoms with Crippen molar-refractivity contribution >= 4 is 11.4 Å². The van der Waals surface area contributed by atoms with Crippen molar-refractivity contribution in [3.05, 3.63) is 28.3 Å². The van der Waals surface area contributed by atoms with Crippen molar-refractivity contribution < 1.29 is 14.8 Å². The molecule has 1 aromatic rings. The maximum absolute atomic E-state index is 11.0. The third-order valence-corrected chi connectivity index (χ3v) is 4.03. The van der Waals surface area contributed by atoms with Gasteiger partial charge in [-0.25, -0.2) is 0 Å². The van der Waals surface area contributed by atoms with Crippen LogP contribution < -0.4 is 10.1 Å². The van der Waals surface area contributed by atoms with Crippen molar-refractivity contribution in [2.75, 3.05) is 25.1 Å². The van der Waals surface area contributed by atoms with E-state index >= 15 is 0 Å². The molecule has 0 bridgehead atoms. The highest BCUT2D eigenvalue weighted by atomic mass is 16.6. The number of nitrogens with zero attached hydrogens (tertiary/aromatic N) is 1. The van der Waals surface area contributed by atoms with Crippen molar-refractivity contribution in [1.29, 1.82) is 0 Å². The lowest BCUT2D eigenvalue weighted by molar-refractivity contribution is -0.384. The Bertz CT molecular complexity index is 493. The molecule has 1 aliphatic rings. The van der Waals surface area contributed by atoms with Gasteiger partial charge in [0, 0.05) is 31.0 Å². The molecule has 0 amide bonds. The lowest BCUT2D eigenvalue weighted by atomic mass is 9.97. The molecule has 0 aliphatic heterocycles. The highest BCUT2D eigenvalue weighted by Crippen LogP contribution is 2.32. The van der Waals surface area contributed by atoms with Crippen molar-refractivity contribution in [3.8, 4) is 5.75 Å². The Morgan fingerprint density at radius 1 is 1.38 bits per heavy atom. The fourth-order valence-electron chi connectivity index (χ4n) is 2.91. The zero-order chi connectivity index (χ0) is 15.2. The number of ether oxygens (including phenoxy) is 1. The lowest BCUT2D eigenvalue weighted by Gasteiger charge is -2.18. The molecular weight excluding hydrogens is 272 g/mol. The zero-order valence-electron chi connectivity index (χ0n) is 12.2. The third-order valence-electron chi connectivity index (χ3n) is 4.03. The Kier molecular flexibility index (Phi) is 5.38. The first-order valence-electron chi connectivity index (χ1n) is 7.41. The highest BCUT2D eigenvalue weighted by molar-refractivity contribution is 5.56. The molecule has 0 heterocycles. The monoisotopic (exact) mass is 294 g/mol. The Morgan fingerprint density at radius 3 is 2.81 bits per heavy atom. The summed E-state index contributed by atoms with van der Waals surface area (Å²) < 4.78 is 5.37. The van der Waals surface area contributed by atoms with Gasteiger partial charge >= 0.3 is 0 Å². The molecule has 1 aliphatic carbocycles. The normalized spacial score (nSPS) is 21.2. The second-order valence-corrected chi connectivity index (χ2v) is 5.42. The third kappa shape index (κ3) is 4.07. The second kappa shape index (κ2) is 7.26. The van der Waals surface area contributed by atoms with Gasteiger partial charge in [-0.3, -0.25) is 10.1 Å². The van der Waals surface area contributed by atoms with Gasteiger partial charge in [-0.1, -0.05) is 6.42 Å². The van der Waals surface area contributed by atoms with Crippen molar-refractivity contribution in [2.24, 2.45) is 11.8 Å². The van der Waals surface area contributed by atoms with E-state index in [1.54, 1.807) is 6.07 Å². The van der Waals surface area contributed by atoms with E-state index in [1.807, 2.05) is 6.92 Å². The Labute approximate surface area is 124 Å². The molecule has 2 N–H and O–H groups in total. The van der Waals surface area contributed by atoms with Crippen LogP contribution in [0.2, 0.25) is 0 Å². The molecule has 0 saturated heterocycles. The van der Waals surface area contributed by atoms with Gasteiger partial charge in [0.2, 0.25) is 0 Å². The van der Waals surface area contributed by atoms with Crippen LogP contribution >= 0.6 is 0 Å². The van der Waals surface area contributed by atoms with Crippen LogP contribution in [0.15, 0.2) is 18.2 Å². The van der Waals surface area contributed by atoms with E-state index in [1.165, 1.54) is 12.1 Å². The molecule has 2 atom stereocenters. The van der Waals surface area contributed by atoms with Crippen LogP contribution in [0.5, 0.6) is 5.75 Å². The fraction of sp³-hybridized carbons (Fsp3) is 0.600. The molecule has 1 fully saturated rings. The van der Waals surface area contributed by atoms with Gasteiger partial charge in [0.1, 0.15) is 5.75 Å². The molecule has 6 nitrogen and oxygen atoms in total. The van der Waals surface area contributed by atoms with Gasteiger partial charge in [0.05, 0.1) is 17.6 Å². The van der Waals surface area contributed by atoms with E-state index in [0.717, 1.165) is 25.8 Å². The molecular formula is C15H22N2O4. The molecule has 116 valence electrons. The maximum atomic E-state index is 11.0. The summed E-state index contributed by atoms with van der Waals surface area (Å²) in [5.41, 5.74) is 0.713. The first-order chi connectivity index (χ1) is 10.1. The van der Waals surface area contributed by atoms with Crippen LogP contribution in [0.3, 0.4) is 0 Å². The number of hydrogen-bond donors (Lipinski definition) is 2. The fourth-order valence-corrected chi connectivity index (χ4v) is 2.91. The molecule has 6 heteroatoms. The summed E-state index contributed by atoms with van der Waals surface area (Å²) >= 11 is 0. The highest BCUT2D eigenvalue weighted by Gasteiger charge is 2.26. The lowest BCUT2D eigenvalue weighted by Crippen LogP contribution is -2.20. The number of aliphatic hydroxyl groups excluding tert-OH is 1. The Morgan fingerprint density at radius 2 is 2.14 bits per heavy atom. The number of aliphatic hydroxyl groups is 1. The quantitative estimate of drug-likeness (QED) is 0.596. The molecule has 2 rings (SSSR count). The number of nitrogens with one attached hydrogen (secondary N) is 1. The van der Waals surface area contributed by atoms with Crippen molar-refractivity contribution in [1.82, 2.24) is 0 Å². The first-order valence-corrected chi connectivity index (χ1v) is 7.41. The smallest absolute Gasteiger partial charge is 0.275 e. The minimum absolute atomic E-state index is 0.0218. The number of benzene rings is 1. The topological polar surface area (TPSA) is 84.6 Å². The van der Waals surface area contributed by atoms with E-state index in [4.69, 9.17) is 4.74 Å². The molecule has 2 unspecified atom stereocenters. The Balaban J connectivity index is 2.06. The number of rotatable bonds is 7. The number of anilines is 1. The van der Waals surface area contributed by atoms with Gasteiger partial charge in [0.15, 0.2) is 0 Å². The summed E-state index contributed by atoms with van der Waals surface area (Å²) in [6.45, 7) is 3.25. The number of nitro benzene ring substituents is 1. The van der Waals surface area contributed by atoms with Crippen LogP contribution in [-0.4, -0.2) is 29.8 Å². The van der Waals surface area contributed by atoms with Crippen LogP contribution in [0.25, 0.3) is 0 Å². The SMILES string of the molecule is CCOc1cc(NCC2CCCC2CO)cc([N+](=O)[O-])c1. The molecule has 21 heavy (non-hydrogen) atoms. The van der Waals surface area contributed by atoms with E-state index in [0.29, 0.717) is 29.9 Å². The van der Waals surface area contributed by atoms with Crippen LogP contribution in [0.1, 0.15) is 26.2 Å². The van der Waals surface area contributed by atoms with Crippen LogP contribution in [0.4, 0.5) is 11.4 Å². The summed E-state index contributed by atoms with van der Waals surface area (Å²) in [4.78, 5) is 10.5. The van der Waals surface area contributed by atoms with Crippen molar-refractivity contribution in [3.63, 3.8) is 0 Å².